The molecule has 8 heteroatoms. The molecule has 2 heterocycles. The van der Waals surface area contributed by atoms with Crippen LogP contribution in [-0.4, -0.2) is 32.1 Å². The minimum absolute atomic E-state index is 0.295. The van der Waals surface area contributed by atoms with Crippen LogP contribution >= 0.6 is 0 Å². The van der Waals surface area contributed by atoms with Crippen LogP contribution in [0, 0.1) is 0 Å². The second kappa shape index (κ2) is 5.24. The lowest BCUT2D eigenvalue weighted by Crippen LogP contribution is -2.17. The van der Waals surface area contributed by atoms with Crippen molar-refractivity contribution < 1.29 is 4.79 Å². The smallest absolute Gasteiger partial charge is 0.254 e. The highest BCUT2D eigenvalue weighted by atomic mass is 16.1. The molecule has 116 valence electrons. The molecular weight excluding hydrogens is 294 g/mol. The molecule has 1 aromatic carbocycles. The Kier molecular flexibility index (Phi) is 3.07. The van der Waals surface area contributed by atoms with Gasteiger partial charge in [-0.05, 0) is 25.0 Å². The number of carbonyl (C=O) groups excluding carboxylic acids is 1. The summed E-state index contributed by atoms with van der Waals surface area (Å²) in [6, 6.07) is 6.11. The van der Waals surface area contributed by atoms with Crippen LogP contribution in [0.15, 0.2) is 30.6 Å². The lowest BCUT2D eigenvalue weighted by molar-refractivity contribution is 0.100. The minimum Gasteiger partial charge on any atom is -0.367 e. The number of hydrogen-bond donors (Lipinski definition) is 4. The number of H-pyrrole nitrogens is 1. The van der Waals surface area contributed by atoms with Crippen LogP contribution in [0.3, 0.4) is 0 Å². The van der Waals surface area contributed by atoms with Crippen LogP contribution in [0.5, 0.6) is 0 Å². The van der Waals surface area contributed by atoms with Gasteiger partial charge in [-0.1, -0.05) is 6.07 Å². The van der Waals surface area contributed by atoms with Crippen LogP contribution in [0.4, 0.5) is 17.5 Å². The molecule has 0 aliphatic heterocycles. The van der Waals surface area contributed by atoms with Crippen molar-refractivity contribution in [3.8, 4) is 0 Å². The fourth-order valence-corrected chi connectivity index (χ4v) is 2.35. The first-order chi connectivity index (χ1) is 11.2. The maximum Gasteiger partial charge on any atom is 0.254 e. The fraction of sp³-hybridized carbons (Fsp3) is 0.200. The topological polar surface area (TPSA) is 122 Å². The number of rotatable bonds is 5. The van der Waals surface area contributed by atoms with Crippen LogP contribution in [0.1, 0.15) is 23.2 Å². The Morgan fingerprint density at radius 3 is 2.96 bits per heavy atom. The van der Waals surface area contributed by atoms with Crippen LogP contribution in [-0.2, 0) is 0 Å². The number of nitrogens with zero attached hydrogens (tertiary/aromatic N) is 3. The number of hydrogen-bond acceptors (Lipinski definition) is 6. The SMILES string of the molecule is NC(=O)c1cnc(Nc2cccc3[nH]ncc23)nc1NC1CC1. The fourth-order valence-electron chi connectivity index (χ4n) is 2.35. The molecule has 4 rings (SSSR count). The molecule has 0 spiro atoms. The Labute approximate surface area is 131 Å². The Morgan fingerprint density at radius 1 is 1.30 bits per heavy atom. The molecule has 0 saturated heterocycles. The summed E-state index contributed by atoms with van der Waals surface area (Å²) in [7, 11) is 0. The lowest BCUT2D eigenvalue weighted by atomic mass is 10.2. The highest BCUT2D eigenvalue weighted by Gasteiger charge is 2.24. The van der Waals surface area contributed by atoms with Gasteiger partial charge in [-0.15, -0.1) is 0 Å². The second-order valence-corrected chi connectivity index (χ2v) is 5.50. The van der Waals surface area contributed by atoms with Crippen molar-refractivity contribution in [3.05, 3.63) is 36.2 Å². The van der Waals surface area contributed by atoms with Crippen molar-refractivity contribution in [2.45, 2.75) is 18.9 Å². The molecule has 1 aliphatic carbocycles. The molecule has 2 aromatic heterocycles. The molecule has 1 saturated carbocycles. The van der Waals surface area contributed by atoms with E-state index in [4.69, 9.17) is 5.73 Å². The van der Waals surface area contributed by atoms with Gasteiger partial charge in [-0.3, -0.25) is 9.89 Å². The predicted octanol–water partition coefficient (Wildman–Crippen LogP) is 1.77. The summed E-state index contributed by atoms with van der Waals surface area (Å²) in [4.78, 5) is 20.1. The van der Waals surface area contributed by atoms with Gasteiger partial charge in [-0.25, -0.2) is 4.98 Å². The van der Waals surface area contributed by atoms with E-state index in [0.717, 1.165) is 29.4 Å². The molecule has 0 bridgehead atoms. The molecule has 5 N–H and O–H groups in total. The van der Waals surface area contributed by atoms with Crippen molar-refractivity contribution in [2.24, 2.45) is 5.73 Å². The summed E-state index contributed by atoms with van der Waals surface area (Å²) < 4.78 is 0. The van der Waals surface area contributed by atoms with Gasteiger partial charge in [-0.2, -0.15) is 10.1 Å². The standard InChI is InChI=1S/C15H15N7O/c16-13(23)10-6-17-15(21-14(10)19-8-4-5-8)20-11-2-1-3-12-9(11)7-18-22-12/h1-3,6-8H,4-5H2,(H2,16,23)(H,18,22)(H2,17,19,20,21). The first kappa shape index (κ1) is 13.5. The van der Waals surface area contributed by atoms with Crippen LogP contribution in [0.25, 0.3) is 10.9 Å². The summed E-state index contributed by atoms with van der Waals surface area (Å²) in [5.41, 5.74) is 7.43. The van der Waals surface area contributed by atoms with E-state index in [1.54, 1.807) is 6.20 Å². The first-order valence-electron chi connectivity index (χ1n) is 7.33. The number of primary amides is 1. The van der Waals surface area contributed by atoms with Crippen molar-refractivity contribution in [1.82, 2.24) is 20.2 Å². The molecule has 1 amide bonds. The molecular formula is C15H15N7O. The Morgan fingerprint density at radius 2 is 2.17 bits per heavy atom. The summed E-state index contributed by atoms with van der Waals surface area (Å²) in [6.45, 7) is 0. The van der Waals surface area contributed by atoms with Gasteiger partial charge in [0, 0.05) is 17.6 Å². The third-order valence-electron chi connectivity index (χ3n) is 3.70. The zero-order valence-corrected chi connectivity index (χ0v) is 12.2. The average molecular weight is 309 g/mol. The number of fused-ring (bicyclic) bond motifs is 1. The van der Waals surface area contributed by atoms with Crippen LogP contribution in [0.2, 0.25) is 0 Å². The summed E-state index contributed by atoms with van der Waals surface area (Å²) in [6.07, 6.45) is 5.31. The quantitative estimate of drug-likeness (QED) is 0.570. The van der Waals surface area contributed by atoms with Crippen molar-refractivity contribution in [1.29, 1.82) is 0 Å². The lowest BCUT2D eigenvalue weighted by Gasteiger charge is -2.11. The van der Waals surface area contributed by atoms with E-state index in [2.05, 4.69) is 30.8 Å². The van der Waals surface area contributed by atoms with Gasteiger partial charge < -0.3 is 16.4 Å². The van der Waals surface area contributed by atoms with E-state index < -0.39 is 5.91 Å². The van der Waals surface area contributed by atoms with Crippen molar-refractivity contribution in [2.75, 3.05) is 10.6 Å². The second-order valence-electron chi connectivity index (χ2n) is 5.50. The largest absolute Gasteiger partial charge is 0.367 e. The van der Waals surface area contributed by atoms with Crippen molar-refractivity contribution in [3.63, 3.8) is 0 Å². The van der Waals surface area contributed by atoms with E-state index in [0.29, 0.717) is 23.4 Å². The van der Waals surface area contributed by atoms with Gasteiger partial charge in [0.1, 0.15) is 5.82 Å². The number of carbonyl (C=O) groups is 1. The van der Waals surface area contributed by atoms with E-state index in [1.165, 1.54) is 6.20 Å². The third-order valence-corrected chi connectivity index (χ3v) is 3.70. The predicted molar refractivity (Wildman–Crippen MR) is 86.6 cm³/mol. The van der Waals surface area contributed by atoms with Gasteiger partial charge in [0.15, 0.2) is 0 Å². The van der Waals surface area contributed by atoms with E-state index in [-0.39, 0.29) is 0 Å². The van der Waals surface area contributed by atoms with Gasteiger partial charge in [0.2, 0.25) is 5.95 Å². The number of anilines is 3. The number of aromatic amines is 1. The number of nitrogens with one attached hydrogen (secondary N) is 3. The van der Waals surface area contributed by atoms with E-state index in [9.17, 15) is 4.79 Å². The number of aromatic nitrogens is 4. The van der Waals surface area contributed by atoms with E-state index >= 15 is 0 Å². The molecule has 1 fully saturated rings. The Balaban J connectivity index is 1.68. The third kappa shape index (κ3) is 2.66. The maximum atomic E-state index is 11.5. The molecule has 3 aromatic rings. The van der Waals surface area contributed by atoms with Gasteiger partial charge in [0.25, 0.3) is 5.91 Å². The molecule has 0 atom stereocenters. The zero-order valence-electron chi connectivity index (χ0n) is 12.2. The highest BCUT2D eigenvalue weighted by molar-refractivity contribution is 5.97. The maximum absolute atomic E-state index is 11.5. The Hall–Kier alpha value is -3.16. The highest BCUT2D eigenvalue weighted by Crippen LogP contribution is 2.27. The monoisotopic (exact) mass is 309 g/mol. The summed E-state index contributed by atoms with van der Waals surface area (Å²) >= 11 is 0. The zero-order chi connectivity index (χ0) is 15.8. The van der Waals surface area contributed by atoms with Crippen molar-refractivity contribution >= 4 is 34.3 Å². The molecule has 23 heavy (non-hydrogen) atoms. The van der Waals surface area contributed by atoms with Crippen LogP contribution < -0.4 is 16.4 Å². The molecule has 0 radical (unpaired) electrons. The molecule has 1 aliphatic rings. The first-order valence-corrected chi connectivity index (χ1v) is 7.33. The van der Waals surface area contributed by atoms with E-state index in [1.807, 2.05) is 18.2 Å². The number of benzene rings is 1. The minimum atomic E-state index is -0.545. The average Bonchev–Trinajstić information content (AvgIpc) is 3.21. The molecule has 8 nitrogen and oxygen atoms in total. The molecule has 0 unspecified atom stereocenters. The Bertz CT molecular complexity index is 884. The summed E-state index contributed by atoms with van der Waals surface area (Å²) in [5, 5.41) is 14.2. The summed E-state index contributed by atoms with van der Waals surface area (Å²) in [5.74, 6) is 0.320. The normalized spacial score (nSPS) is 13.9. The number of nitrogens with two attached hydrogens (primary N) is 1. The van der Waals surface area contributed by atoms with Gasteiger partial charge in [0.05, 0.1) is 23.0 Å². The van der Waals surface area contributed by atoms with Gasteiger partial charge >= 0.3 is 0 Å². The number of amides is 1.